The zero-order valence-corrected chi connectivity index (χ0v) is 21.9. The lowest BCUT2D eigenvalue weighted by molar-refractivity contribution is 0.0150. The third-order valence-corrected chi connectivity index (χ3v) is 6.70. The van der Waals surface area contributed by atoms with Crippen molar-refractivity contribution in [1.82, 2.24) is 4.90 Å². The maximum atomic E-state index is 13.1. The number of hydrogen-bond acceptors (Lipinski definition) is 7. The Labute approximate surface area is 208 Å². The lowest BCUT2D eigenvalue weighted by atomic mass is 9.81. The fourth-order valence-corrected chi connectivity index (χ4v) is 5.67. The van der Waals surface area contributed by atoms with Crippen LogP contribution in [-0.4, -0.2) is 39.2 Å². The first-order valence-electron chi connectivity index (χ1n) is 11.1. The Kier molecular flexibility index (Phi) is 7.45. The number of imide groups is 1. The van der Waals surface area contributed by atoms with Crippen molar-refractivity contribution in [3.05, 3.63) is 39.2 Å². The van der Waals surface area contributed by atoms with Crippen molar-refractivity contribution in [3.8, 4) is 0 Å². The number of aliphatic imine (C=N–C) groups is 1. The van der Waals surface area contributed by atoms with E-state index >= 15 is 0 Å². The number of benzene rings is 1. The Hall–Kier alpha value is -2.42. The standard InChI is InChI=1S/C23H30ClN5O4S/c1-21(2,3)32-19(30)29(20(31)33-22(4,5)6)18-26-23(9-7-8-14(23)13-34-18)15-10-16(24)12-17(11-15)27-28-25/h10-12,14H,7-9,13H2,1-6H3/t14-,23-/m0/s1. The van der Waals surface area contributed by atoms with E-state index in [0.717, 1.165) is 23.3 Å². The molecule has 34 heavy (non-hydrogen) atoms. The molecule has 0 radical (unpaired) electrons. The molecule has 1 saturated carbocycles. The quantitative estimate of drug-likeness (QED) is 0.232. The molecule has 11 heteroatoms. The first-order valence-corrected chi connectivity index (χ1v) is 12.5. The van der Waals surface area contributed by atoms with Gasteiger partial charge in [0.05, 0.1) is 5.54 Å². The van der Waals surface area contributed by atoms with Gasteiger partial charge in [0, 0.05) is 21.4 Å². The zero-order valence-electron chi connectivity index (χ0n) is 20.3. The highest BCUT2D eigenvalue weighted by Gasteiger charge is 2.49. The first kappa shape index (κ1) is 26.2. The number of rotatable bonds is 2. The molecule has 1 aliphatic carbocycles. The highest BCUT2D eigenvalue weighted by molar-refractivity contribution is 8.13. The fraction of sp³-hybridized carbons (Fsp3) is 0.609. The number of fused-ring (bicyclic) bond motifs is 1. The van der Waals surface area contributed by atoms with Gasteiger partial charge in [-0.05, 0) is 89.6 Å². The van der Waals surface area contributed by atoms with Gasteiger partial charge in [-0.1, -0.05) is 34.9 Å². The van der Waals surface area contributed by atoms with Gasteiger partial charge in [0.25, 0.3) is 0 Å². The minimum absolute atomic E-state index is 0.165. The summed E-state index contributed by atoms with van der Waals surface area (Å²) in [6, 6.07) is 5.16. The van der Waals surface area contributed by atoms with Gasteiger partial charge in [-0.25, -0.2) is 14.6 Å². The Balaban J connectivity index is 2.12. The summed E-state index contributed by atoms with van der Waals surface area (Å²) >= 11 is 7.67. The molecule has 0 aromatic heterocycles. The second-order valence-corrected chi connectivity index (χ2v) is 11.8. The van der Waals surface area contributed by atoms with E-state index in [2.05, 4.69) is 10.0 Å². The summed E-state index contributed by atoms with van der Waals surface area (Å²) in [5.74, 6) is 0.808. The number of hydrogen-bond donors (Lipinski definition) is 0. The molecule has 1 heterocycles. The maximum absolute atomic E-state index is 13.1. The number of halogens is 1. The number of nitrogens with zero attached hydrogens (tertiary/aromatic N) is 5. The molecule has 2 aliphatic rings. The van der Waals surface area contributed by atoms with Gasteiger partial charge >= 0.3 is 12.2 Å². The minimum Gasteiger partial charge on any atom is -0.443 e. The van der Waals surface area contributed by atoms with Gasteiger partial charge in [0.1, 0.15) is 11.2 Å². The summed E-state index contributed by atoms with van der Waals surface area (Å²) < 4.78 is 11.0. The molecule has 9 nitrogen and oxygen atoms in total. The van der Waals surface area contributed by atoms with Crippen LogP contribution < -0.4 is 0 Å². The molecule has 2 amide bonds. The van der Waals surface area contributed by atoms with Crippen molar-refractivity contribution in [2.24, 2.45) is 16.0 Å². The van der Waals surface area contributed by atoms with Crippen LogP contribution >= 0.6 is 23.4 Å². The van der Waals surface area contributed by atoms with Gasteiger partial charge in [-0.15, -0.1) is 0 Å². The fourth-order valence-electron chi connectivity index (χ4n) is 4.15. The van der Waals surface area contributed by atoms with Gasteiger partial charge in [0.15, 0.2) is 5.17 Å². The van der Waals surface area contributed by atoms with Crippen LogP contribution in [0.25, 0.3) is 10.4 Å². The number of ether oxygens (including phenoxy) is 2. The summed E-state index contributed by atoms with van der Waals surface area (Å²) in [7, 11) is 0. The summed E-state index contributed by atoms with van der Waals surface area (Å²) in [6.07, 6.45) is 0.866. The van der Waals surface area contributed by atoms with Crippen molar-refractivity contribution >= 4 is 46.4 Å². The molecule has 0 saturated heterocycles. The Morgan fingerprint density at radius 3 is 2.35 bits per heavy atom. The van der Waals surface area contributed by atoms with Gasteiger partial charge in [-0.2, -0.15) is 4.90 Å². The molecule has 1 aromatic rings. The SMILES string of the molecule is CC(C)(C)OC(=O)N(C(=O)OC(C)(C)C)C1=N[C@@]2(c3cc(Cl)cc(N=[N+]=[N-])c3)CCC[C@H]2CS1. The highest BCUT2D eigenvalue weighted by Crippen LogP contribution is 2.52. The van der Waals surface area contributed by atoms with Gasteiger partial charge < -0.3 is 9.47 Å². The molecule has 184 valence electrons. The molecular formula is C23H30ClN5O4S. The second kappa shape index (κ2) is 9.68. The number of carbonyl (C=O) groups is 2. The number of carbonyl (C=O) groups excluding carboxylic acids is 2. The lowest BCUT2D eigenvalue weighted by Gasteiger charge is -2.39. The van der Waals surface area contributed by atoms with E-state index in [4.69, 9.17) is 31.6 Å². The summed E-state index contributed by atoms with van der Waals surface area (Å²) in [4.78, 5) is 35.0. The molecule has 1 fully saturated rings. The number of amidine groups is 1. The van der Waals surface area contributed by atoms with Crippen molar-refractivity contribution in [2.45, 2.75) is 77.5 Å². The smallest absolute Gasteiger partial charge is 0.426 e. The molecule has 0 spiro atoms. The highest BCUT2D eigenvalue weighted by atomic mass is 35.5. The Morgan fingerprint density at radius 1 is 1.18 bits per heavy atom. The van der Waals surface area contributed by atoms with Crippen LogP contribution in [0, 0.1) is 5.92 Å². The van der Waals surface area contributed by atoms with E-state index in [1.54, 1.807) is 59.7 Å². The van der Waals surface area contributed by atoms with Crippen LogP contribution in [0.1, 0.15) is 66.4 Å². The average molecular weight is 508 g/mol. The normalized spacial score (nSPS) is 22.2. The molecule has 0 N–H and O–H groups in total. The largest absolute Gasteiger partial charge is 0.443 e. The van der Waals surface area contributed by atoms with E-state index in [-0.39, 0.29) is 11.1 Å². The topological polar surface area (TPSA) is 117 Å². The zero-order chi connectivity index (χ0) is 25.3. The second-order valence-electron chi connectivity index (χ2n) is 10.4. The number of thioether (sulfide) groups is 1. The van der Waals surface area contributed by atoms with Crippen LogP contribution in [0.5, 0.6) is 0 Å². The van der Waals surface area contributed by atoms with Crippen molar-refractivity contribution in [2.75, 3.05) is 5.75 Å². The van der Waals surface area contributed by atoms with E-state index < -0.39 is 28.9 Å². The van der Waals surface area contributed by atoms with Gasteiger partial charge in [-0.3, -0.25) is 0 Å². The molecule has 3 rings (SSSR count). The van der Waals surface area contributed by atoms with E-state index in [1.165, 1.54) is 11.8 Å². The number of azide groups is 1. The summed E-state index contributed by atoms with van der Waals surface area (Å²) in [5, 5.41) is 4.35. The number of amides is 2. The molecule has 0 bridgehead atoms. The molecule has 1 aliphatic heterocycles. The van der Waals surface area contributed by atoms with Gasteiger partial charge in [0.2, 0.25) is 0 Å². The van der Waals surface area contributed by atoms with Crippen LogP contribution in [0.15, 0.2) is 28.3 Å². The van der Waals surface area contributed by atoms with Crippen molar-refractivity contribution in [1.29, 1.82) is 0 Å². The predicted molar refractivity (Wildman–Crippen MR) is 133 cm³/mol. The average Bonchev–Trinajstić information content (AvgIpc) is 3.09. The minimum atomic E-state index is -0.847. The van der Waals surface area contributed by atoms with E-state index in [0.29, 0.717) is 22.9 Å². The lowest BCUT2D eigenvalue weighted by Crippen LogP contribution is -2.48. The molecule has 1 aromatic carbocycles. The molecule has 0 unspecified atom stereocenters. The third-order valence-electron chi connectivity index (χ3n) is 5.38. The third kappa shape index (κ3) is 5.98. The molecular weight excluding hydrogens is 478 g/mol. The monoisotopic (exact) mass is 507 g/mol. The van der Waals surface area contributed by atoms with Crippen LogP contribution in [0.2, 0.25) is 5.02 Å². The van der Waals surface area contributed by atoms with Crippen LogP contribution in [0.4, 0.5) is 15.3 Å². The Morgan fingerprint density at radius 2 is 1.79 bits per heavy atom. The maximum Gasteiger partial charge on any atom is 0.426 e. The van der Waals surface area contributed by atoms with Crippen molar-refractivity contribution in [3.63, 3.8) is 0 Å². The van der Waals surface area contributed by atoms with E-state index in [1.807, 2.05) is 0 Å². The summed E-state index contributed by atoms with van der Waals surface area (Å²) in [6.45, 7) is 10.4. The summed E-state index contributed by atoms with van der Waals surface area (Å²) in [5.41, 5.74) is 7.72. The first-order chi connectivity index (χ1) is 15.7. The van der Waals surface area contributed by atoms with Crippen molar-refractivity contribution < 1.29 is 19.1 Å². The van der Waals surface area contributed by atoms with E-state index in [9.17, 15) is 9.59 Å². The predicted octanol–water partition coefficient (Wildman–Crippen LogP) is 7.55. The van der Waals surface area contributed by atoms with Crippen LogP contribution in [-0.2, 0) is 15.0 Å². The molecule has 2 atom stereocenters. The Bertz CT molecular complexity index is 1030. The van der Waals surface area contributed by atoms with Crippen LogP contribution in [0.3, 0.4) is 0 Å².